The molecule has 0 saturated carbocycles. The lowest BCUT2D eigenvalue weighted by Gasteiger charge is -2.34. The fourth-order valence-corrected chi connectivity index (χ4v) is 2.87. The zero-order chi connectivity index (χ0) is 19.1. The summed E-state index contributed by atoms with van der Waals surface area (Å²) < 4.78 is 10.9. The third-order valence-electron chi connectivity index (χ3n) is 4.34. The highest BCUT2D eigenvalue weighted by Crippen LogP contribution is 2.17. The summed E-state index contributed by atoms with van der Waals surface area (Å²) in [7, 11) is 0. The van der Waals surface area contributed by atoms with Gasteiger partial charge in [0, 0.05) is 44.1 Å². The number of rotatable bonds is 6. The first-order chi connectivity index (χ1) is 13.2. The van der Waals surface area contributed by atoms with Crippen molar-refractivity contribution in [1.82, 2.24) is 14.8 Å². The minimum Gasteiger partial charge on any atom is -0.494 e. The number of ether oxygens (including phenoxy) is 2. The largest absolute Gasteiger partial charge is 0.494 e. The Bertz CT molecular complexity index is 757. The van der Waals surface area contributed by atoms with Gasteiger partial charge >= 0.3 is 0 Å². The highest BCUT2D eigenvalue weighted by molar-refractivity contribution is 5.94. The van der Waals surface area contributed by atoms with Gasteiger partial charge in [0.25, 0.3) is 11.8 Å². The summed E-state index contributed by atoms with van der Waals surface area (Å²) in [4.78, 5) is 32.2. The van der Waals surface area contributed by atoms with E-state index in [9.17, 15) is 9.59 Å². The normalized spacial score (nSPS) is 14.0. The third-order valence-corrected chi connectivity index (χ3v) is 4.34. The highest BCUT2D eigenvalue weighted by atomic mass is 16.5. The number of nitrogens with zero attached hydrogens (tertiary/aromatic N) is 3. The van der Waals surface area contributed by atoms with Gasteiger partial charge in [0.1, 0.15) is 11.5 Å². The summed E-state index contributed by atoms with van der Waals surface area (Å²) in [6.45, 7) is 4.53. The fourth-order valence-electron chi connectivity index (χ4n) is 2.87. The van der Waals surface area contributed by atoms with Crippen LogP contribution in [0, 0.1) is 0 Å². The summed E-state index contributed by atoms with van der Waals surface area (Å²) in [5.41, 5.74) is 0.614. The second kappa shape index (κ2) is 9.02. The number of hydrogen-bond donors (Lipinski definition) is 0. The molecule has 0 spiro atoms. The van der Waals surface area contributed by atoms with Crippen molar-refractivity contribution in [2.75, 3.05) is 39.4 Å². The Morgan fingerprint density at radius 3 is 2.04 bits per heavy atom. The Balaban J connectivity index is 1.45. The van der Waals surface area contributed by atoms with Crippen LogP contribution in [0.5, 0.6) is 11.5 Å². The molecule has 1 aromatic heterocycles. The Hall–Kier alpha value is -3.09. The molecule has 3 rings (SSSR count). The molecule has 7 heteroatoms. The number of aromatic nitrogens is 1. The van der Waals surface area contributed by atoms with E-state index in [0.29, 0.717) is 44.1 Å². The first kappa shape index (κ1) is 18.7. The van der Waals surface area contributed by atoms with Crippen molar-refractivity contribution in [3.63, 3.8) is 0 Å². The monoisotopic (exact) mass is 369 g/mol. The van der Waals surface area contributed by atoms with Gasteiger partial charge in [0.15, 0.2) is 6.61 Å². The predicted molar refractivity (Wildman–Crippen MR) is 99.8 cm³/mol. The molecule has 2 amide bonds. The van der Waals surface area contributed by atoms with Crippen LogP contribution in [0.3, 0.4) is 0 Å². The van der Waals surface area contributed by atoms with Crippen LogP contribution in [-0.4, -0.2) is 66.0 Å². The summed E-state index contributed by atoms with van der Waals surface area (Å²) in [6.07, 6.45) is 3.20. The summed E-state index contributed by atoms with van der Waals surface area (Å²) in [5, 5.41) is 0. The molecule has 2 heterocycles. The maximum absolute atomic E-state index is 12.4. The molecule has 0 atom stereocenters. The van der Waals surface area contributed by atoms with Crippen LogP contribution >= 0.6 is 0 Å². The van der Waals surface area contributed by atoms with Crippen molar-refractivity contribution in [1.29, 1.82) is 0 Å². The fraction of sp³-hybridized carbons (Fsp3) is 0.350. The summed E-state index contributed by atoms with van der Waals surface area (Å²) in [6, 6.07) is 10.6. The molecule has 0 bridgehead atoms. The maximum atomic E-state index is 12.4. The van der Waals surface area contributed by atoms with E-state index in [1.807, 2.05) is 19.1 Å². The number of pyridine rings is 1. The van der Waals surface area contributed by atoms with E-state index in [-0.39, 0.29) is 18.4 Å². The second-order valence-corrected chi connectivity index (χ2v) is 6.10. The Kier molecular flexibility index (Phi) is 6.25. The lowest BCUT2D eigenvalue weighted by Crippen LogP contribution is -2.51. The van der Waals surface area contributed by atoms with Gasteiger partial charge in [0.2, 0.25) is 0 Å². The molecular formula is C20H23N3O4. The maximum Gasteiger partial charge on any atom is 0.260 e. The van der Waals surface area contributed by atoms with Gasteiger partial charge in [-0.3, -0.25) is 14.6 Å². The van der Waals surface area contributed by atoms with Gasteiger partial charge in [-0.25, -0.2) is 0 Å². The Morgan fingerprint density at radius 2 is 1.44 bits per heavy atom. The van der Waals surface area contributed by atoms with Crippen LogP contribution in [0.15, 0.2) is 48.8 Å². The number of benzene rings is 1. The van der Waals surface area contributed by atoms with E-state index < -0.39 is 0 Å². The third kappa shape index (κ3) is 4.97. The molecule has 0 aliphatic carbocycles. The van der Waals surface area contributed by atoms with Gasteiger partial charge in [-0.15, -0.1) is 0 Å². The van der Waals surface area contributed by atoms with E-state index in [2.05, 4.69) is 4.98 Å². The SMILES string of the molecule is CCOc1ccc(OCC(=O)N2CCN(C(=O)c3ccncc3)CC2)cc1. The van der Waals surface area contributed by atoms with Crippen LogP contribution in [-0.2, 0) is 4.79 Å². The second-order valence-electron chi connectivity index (χ2n) is 6.10. The van der Waals surface area contributed by atoms with E-state index >= 15 is 0 Å². The predicted octanol–water partition coefficient (Wildman–Crippen LogP) is 1.84. The van der Waals surface area contributed by atoms with E-state index in [4.69, 9.17) is 9.47 Å². The number of piperazine rings is 1. The minimum atomic E-state index is -0.0834. The van der Waals surface area contributed by atoms with Crippen molar-refractivity contribution in [2.45, 2.75) is 6.92 Å². The van der Waals surface area contributed by atoms with Crippen molar-refractivity contribution in [3.05, 3.63) is 54.4 Å². The van der Waals surface area contributed by atoms with E-state index in [1.165, 1.54) is 0 Å². The summed E-state index contributed by atoms with van der Waals surface area (Å²) >= 11 is 0. The van der Waals surface area contributed by atoms with Crippen molar-refractivity contribution in [3.8, 4) is 11.5 Å². The van der Waals surface area contributed by atoms with Crippen LogP contribution in [0.25, 0.3) is 0 Å². The van der Waals surface area contributed by atoms with Crippen LogP contribution < -0.4 is 9.47 Å². The van der Waals surface area contributed by atoms with Crippen molar-refractivity contribution < 1.29 is 19.1 Å². The van der Waals surface area contributed by atoms with E-state index in [1.54, 1.807) is 46.5 Å². The van der Waals surface area contributed by atoms with Gasteiger partial charge in [0.05, 0.1) is 6.61 Å². The van der Waals surface area contributed by atoms with Gasteiger partial charge in [-0.2, -0.15) is 0 Å². The first-order valence-corrected chi connectivity index (χ1v) is 9.00. The van der Waals surface area contributed by atoms with Crippen molar-refractivity contribution >= 4 is 11.8 Å². The van der Waals surface area contributed by atoms with Gasteiger partial charge in [-0.1, -0.05) is 0 Å². The minimum absolute atomic E-state index is 0.0215. The van der Waals surface area contributed by atoms with Crippen molar-refractivity contribution in [2.24, 2.45) is 0 Å². The number of carbonyl (C=O) groups excluding carboxylic acids is 2. The van der Waals surface area contributed by atoms with Gasteiger partial charge < -0.3 is 19.3 Å². The molecule has 7 nitrogen and oxygen atoms in total. The van der Waals surface area contributed by atoms with Crippen LogP contribution in [0.4, 0.5) is 0 Å². The highest BCUT2D eigenvalue weighted by Gasteiger charge is 2.25. The first-order valence-electron chi connectivity index (χ1n) is 9.00. The molecule has 1 saturated heterocycles. The zero-order valence-electron chi connectivity index (χ0n) is 15.3. The quantitative estimate of drug-likeness (QED) is 0.777. The average Bonchev–Trinajstić information content (AvgIpc) is 2.73. The number of hydrogen-bond acceptors (Lipinski definition) is 5. The van der Waals surface area contributed by atoms with Crippen LogP contribution in [0.1, 0.15) is 17.3 Å². The average molecular weight is 369 g/mol. The molecule has 1 aromatic carbocycles. The Morgan fingerprint density at radius 1 is 0.889 bits per heavy atom. The molecule has 27 heavy (non-hydrogen) atoms. The molecule has 142 valence electrons. The molecule has 2 aromatic rings. The molecular weight excluding hydrogens is 346 g/mol. The number of carbonyl (C=O) groups is 2. The lowest BCUT2D eigenvalue weighted by molar-refractivity contribution is -0.134. The van der Waals surface area contributed by atoms with Crippen LogP contribution in [0.2, 0.25) is 0 Å². The molecule has 1 aliphatic rings. The summed E-state index contributed by atoms with van der Waals surface area (Å²) in [5.74, 6) is 1.28. The standard InChI is InChI=1S/C20H23N3O4/c1-2-26-17-3-5-18(6-4-17)27-15-19(24)22-11-13-23(14-12-22)20(25)16-7-9-21-10-8-16/h3-10H,2,11-15H2,1H3. The molecule has 1 fully saturated rings. The lowest BCUT2D eigenvalue weighted by atomic mass is 10.2. The van der Waals surface area contributed by atoms with Gasteiger partial charge in [-0.05, 0) is 43.3 Å². The number of amides is 2. The molecule has 0 unspecified atom stereocenters. The smallest absolute Gasteiger partial charge is 0.260 e. The van der Waals surface area contributed by atoms with E-state index in [0.717, 1.165) is 5.75 Å². The molecule has 0 radical (unpaired) electrons. The topological polar surface area (TPSA) is 72.0 Å². The molecule has 1 aliphatic heterocycles. The zero-order valence-corrected chi connectivity index (χ0v) is 15.3. The Labute approximate surface area is 158 Å². The molecule has 0 N–H and O–H groups in total.